The van der Waals surface area contributed by atoms with E-state index < -0.39 is 5.91 Å². The SMILES string of the molecule is CC1CCN(c2ccc(C(=O)NCC(=O)NCC(=O)NCc3ccccc3)cn2)CC1. The van der Waals surface area contributed by atoms with E-state index in [1.807, 2.05) is 36.4 Å². The molecule has 0 spiro atoms. The van der Waals surface area contributed by atoms with Crippen molar-refractivity contribution in [2.75, 3.05) is 31.1 Å². The highest BCUT2D eigenvalue weighted by Crippen LogP contribution is 2.21. The highest BCUT2D eigenvalue weighted by molar-refractivity contribution is 5.96. The third-order valence-corrected chi connectivity index (χ3v) is 5.31. The van der Waals surface area contributed by atoms with E-state index in [1.54, 1.807) is 6.07 Å². The van der Waals surface area contributed by atoms with Gasteiger partial charge in [-0.15, -0.1) is 0 Å². The highest BCUT2D eigenvalue weighted by Gasteiger charge is 2.17. The number of aromatic nitrogens is 1. The van der Waals surface area contributed by atoms with Crippen LogP contribution in [0.4, 0.5) is 5.82 Å². The number of rotatable bonds is 8. The molecule has 0 atom stereocenters. The fraction of sp³-hybridized carbons (Fsp3) is 0.391. The molecule has 8 heteroatoms. The maximum absolute atomic E-state index is 12.3. The molecule has 8 nitrogen and oxygen atoms in total. The van der Waals surface area contributed by atoms with Crippen LogP contribution in [-0.2, 0) is 16.1 Å². The minimum absolute atomic E-state index is 0.147. The number of benzene rings is 1. The lowest BCUT2D eigenvalue weighted by molar-refractivity contribution is -0.125. The molecule has 1 aromatic heterocycles. The molecule has 164 valence electrons. The molecule has 0 aliphatic carbocycles. The Balaban J connectivity index is 1.35. The second-order valence-electron chi connectivity index (χ2n) is 7.80. The van der Waals surface area contributed by atoms with Crippen LogP contribution in [0, 0.1) is 5.92 Å². The van der Waals surface area contributed by atoms with E-state index in [0.29, 0.717) is 12.1 Å². The van der Waals surface area contributed by atoms with Crippen LogP contribution < -0.4 is 20.9 Å². The summed E-state index contributed by atoms with van der Waals surface area (Å²) in [7, 11) is 0. The van der Waals surface area contributed by atoms with Gasteiger partial charge in [0, 0.05) is 25.8 Å². The summed E-state index contributed by atoms with van der Waals surface area (Å²) in [6.45, 7) is 4.23. The molecule has 0 bridgehead atoms. The standard InChI is InChI=1S/C23H29N5O3/c1-17-9-11-28(12-10-17)20-8-7-19(14-24-20)23(31)27-16-22(30)26-15-21(29)25-13-18-5-3-2-4-6-18/h2-8,14,17H,9-13,15-16H2,1H3,(H,25,29)(H,26,30)(H,27,31). The monoisotopic (exact) mass is 423 g/mol. The first-order valence-electron chi connectivity index (χ1n) is 10.6. The van der Waals surface area contributed by atoms with Gasteiger partial charge in [-0.25, -0.2) is 4.98 Å². The highest BCUT2D eigenvalue weighted by atomic mass is 16.2. The number of pyridine rings is 1. The van der Waals surface area contributed by atoms with Gasteiger partial charge in [-0.3, -0.25) is 14.4 Å². The quantitative estimate of drug-likeness (QED) is 0.597. The van der Waals surface area contributed by atoms with E-state index >= 15 is 0 Å². The maximum Gasteiger partial charge on any atom is 0.253 e. The Morgan fingerprint density at radius 1 is 0.935 bits per heavy atom. The average molecular weight is 424 g/mol. The lowest BCUT2D eigenvalue weighted by Crippen LogP contribution is -2.41. The number of nitrogens with zero attached hydrogens (tertiary/aromatic N) is 2. The van der Waals surface area contributed by atoms with Gasteiger partial charge in [0.2, 0.25) is 11.8 Å². The Hall–Kier alpha value is -3.42. The lowest BCUT2D eigenvalue weighted by atomic mass is 9.99. The summed E-state index contributed by atoms with van der Waals surface area (Å²) in [6, 6.07) is 13.0. The van der Waals surface area contributed by atoms with Gasteiger partial charge in [0.15, 0.2) is 0 Å². The van der Waals surface area contributed by atoms with Crippen molar-refractivity contribution in [2.45, 2.75) is 26.3 Å². The summed E-state index contributed by atoms with van der Waals surface area (Å²) in [5.74, 6) is 0.491. The molecule has 2 heterocycles. The summed E-state index contributed by atoms with van der Waals surface area (Å²) in [5, 5.41) is 7.77. The maximum atomic E-state index is 12.3. The molecular weight excluding hydrogens is 394 g/mol. The zero-order valence-electron chi connectivity index (χ0n) is 17.8. The number of piperidine rings is 1. The Morgan fingerprint density at radius 2 is 1.61 bits per heavy atom. The third-order valence-electron chi connectivity index (χ3n) is 5.31. The number of carbonyl (C=O) groups is 3. The van der Waals surface area contributed by atoms with Crippen LogP contribution in [0.25, 0.3) is 0 Å². The van der Waals surface area contributed by atoms with Crippen LogP contribution >= 0.6 is 0 Å². The first kappa shape index (κ1) is 22.3. The van der Waals surface area contributed by atoms with E-state index in [-0.39, 0.29) is 24.9 Å². The molecule has 3 amide bonds. The Kier molecular flexibility index (Phi) is 7.98. The second-order valence-corrected chi connectivity index (χ2v) is 7.80. The summed E-state index contributed by atoms with van der Waals surface area (Å²) in [5.41, 5.74) is 1.37. The van der Waals surface area contributed by atoms with Crippen LogP contribution in [0.3, 0.4) is 0 Å². The summed E-state index contributed by atoms with van der Waals surface area (Å²) < 4.78 is 0. The normalized spacial score (nSPS) is 14.0. The van der Waals surface area contributed by atoms with Crippen molar-refractivity contribution >= 4 is 23.5 Å². The molecule has 1 saturated heterocycles. The van der Waals surface area contributed by atoms with Gasteiger partial charge < -0.3 is 20.9 Å². The molecule has 0 saturated carbocycles. The van der Waals surface area contributed by atoms with Crippen molar-refractivity contribution in [3.63, 3.8) is 0 Å². The summed E-state index contributed by atoms with van der Waals surface area (Å²) >= 11 is 0. The van der Waals surface area contributed by atoms with Gasteiger partial charge in [-0.2, -0.15) is 0 Å². The van der Waals surface area contributed by atoms with Crippen molar-refractivity contribution in [3.05, 3.63) is 59.8 Å². The van der Waals surface area contributed by atoms with E-state index in [2.05, 4.69) is 32.8 Å². The van der Waals surface area contributed by atoms with Crippen molar-refractivity contribution in [1.29, 1.82) is 0 Å². The Bertz CT molecular complexity index is 878. The molecule has 31 heavy (non-hydrogen) atoms. The minimum Gasteiger partial charge on any atom is -0.357 e. The number of nitrogens with one attached hydrogen (secondary N) is 3. The van der Waals surface area contributed by atoms with Crippen LogP contribution in [0.15, 0.2) is 48.7 Å². The number of hydrogen-bond acceptors (Lipinski definition) is 5. The topological polar surface area (TPSA) is 103 Å². The molecule has 0 unspecified atom stereocenters. The summed E-state index contributed by atoms with van der Waals surface area (Å²) in [6.07, 6.45) is 3.81. The predicted octanol–water partition coefficient (Wildman–Crippen LogP) is 1.48. The van der Waals surface area contributed by atoms with Gasteiger partial charge >= 0.3 is 0 Å². The fourth-order valence-corrected chi connectivity index (χ4v) is 3.31. The van der Waals surface area contributed by atoms with Crippen LogP contribution in [0.2, 0.25) is 0 Å². The minimum atomic E-state index is -0.435. The van der Waals surface area contributed by atoms with E-state index in [9.17, 15) is 14.4 Å². The molecule has 0 radical (unpaired) electrons. The average Bonchev–Trinajstić information content (AvgIpc) is 2.81. The molecule has 3 rings (SSSR count). The molecule has 1 fully saturated rings. The second kappa shape index (κ2) is 11.1. The zero-order chi connectivity index (χ0) is 22.1. The molecule has 3 N–H and O–H groups in total. The van der Waals surface area contributed by atoms with Crippen LogP contribution in [0.1, 0.15) is 35.7 Å². The van der Waals surface area contributed by atoms with Crippen LogP contribution in [0.5, 0.6) is 0 Å². The van der Waals surface area contributed by atoms with Gasteiger partial charge in [-0.05, 0) is 36.5 Å². The number of hydrogen-bond donors (Lipinski definition) is 3. The van der Waals surface area contributed by atoms with E-state index in [1.165, 1.54) is 6.20 Å². The molecule has 2 aromatic rings. The van der Waals surface area contributed by atoms with Gasteiger partial charge in [0.25, 0.3) is 5.91 Å². The third kappa shape index (κ3) is 7.09. The lowest BCUT2D eigenvalue weighted by Gasteiger charge is -2.31. The van der Waals surface area contributed by atoms with Gasteiger partial charge in [-0.1, -0.05) is 37.3 Å². The smallest absolute Gasteiger partial charge is 0.253 e. The van der Waals surface area contributed by atoms with Gasteiger partial charge in [0.05, 0.1) is 18.7 Å². The number of amides is 3. The van der Waals surface area contributed by atoms with Crippen molar-refractivity contribution in [1.82, 2.24) is 20.9 Å². The first-order valence-corrected chi connectivity index (χ1v) is 10.6. The molecule has 1 aliphatic rings. The fourth-order valence-electron chi connectivity index (χ4n) is 3.31. The molecule has 1 aromatic carbocycles. The Labute approximate surface area is 182 Å². The number of carbonyl (C=O) groups excluding carboxylic acids is 3. The molecule has 1 aliphatic heterocycles. The van der Waals surface area contributed by atoms with Crippen molar-refractivity contribution < 1.29 is 14.4 Å². The Morgan fingerprint density at radius 3 is 2.29 bits per heavy atom. The van der Waals surface area contributed by atoms with Crippen molar-refractivity contribution in [2.24, 2.45) is 5.92 Å². The van der Waals surface area contributed by atoms with Crippen molar-refractivity contribution in [3.8, 4) is 0 Å². The van der Waals surface area contributed by atoms with E-state index in [0.717, 1.165) is 43.2 Å². The van der Waals surface area contributed by atoms with Gasteiger partial charge in [0.1, 0.15) is 5.82 Å². The number of anilines is 1. The summed E-state index contributed by atoms with van der Waals surface area (Å²) in [4.78, 5) is 42.6. The zero-order valence-corrected chi connectivity index (χ0v) is 17.8. The largest absolute Gasteiger partial charge is 0.357 e. The predicted molar refractivity (Wildman–Crippen MR) is 118 cm³/mol. The van der Waals surface area contributed by atoms with E-state index in [4.69, 9.17) is 0 Å². The molecular formula is C23H29N5O3. The van der Waals surface area contributed by atoms with Crippen LogP contribution in [-0.4, -0.2) is 48.9 Å². The first-order chi connectivity index (χ1) is 15.0.